The minimum atomic E-state index is -0.564. The number of H-pyrrole nitrogens is 1. The molecule has 0 saturated carbocycles. The number of ether oxygens (including phenoxy) is 1. The molecule has 1 aromatic carbocycles. The van der Waals surface area contributed by atoms with Gasteiger partial charge in [-0.3, -0.25) is 9.59 Å². The molecule has 142 valence electrons. The number of aromatic nitrogens is 1. The molecule has 2 N–H and O–H groups in total. The molecule has 1 aliphatic heterocycles. The molecule has 2 aromatic rings. The number of rotatable bonds is 3. The monoisotopic (exact) mass is 369 g/mol. The van der Waals surface area contributed by atoms with E-state index in [0.29, 0.717) is 5.56 Å². The minimum Gasteiger partial charge on any atom is -0.445 e. The topological polar surface area (TPSA) is 91.5 Å². The van der Waals surface area contributed by atoms with Gasteiger partial charge in [0.1, 0.15) is 12.3 Å². The summed E-state index contributed by atoms with van der Waals surface area (Å²) < 4.78 is 5.32. The van der Waals surface area contributed by atoms with Gasteiger partial charge in [-0.05, 0) is 18.6 Å². The van der Waals surface area contributed by atoms with Gasteiger partial charge in [0, 0.05) is 30.6 Å². The Bertz CT molecular complexity index is 894. The van der Waals surface area contributed by atoms with Crippen molar-refractivity contribution in [1.82, 2.24) is 10.3 Å². The van der Waals surface area contributed by atoms with Crippen molar-refractivity contribution in [2.24, 2.45) is 5.92 Å². The van der Waals surface area contributed by atoms with Crippen LogP contribution in [-0.4, -0.2) is 23.0 Å². The summed E-state index contributed by atoms with van der Waals surface area (Å²) in [5, 5.41) is 2.86. The van der Waals surface area contributed by atoms with Gasteiger partial charge in [0.25, 0.3) is 5.56 Å². The van der Waals surface area contributed by atoms with Crippen LogP contribution in [0.4, 0.5) is 10.5 Å². The Balaban J connectivity index is 1.83. The lowest BCUT2D eigenvalue weighted by atomic mass is 9.83. The average molecular weight is 369 g/mol. The number of amides is 2. The van der Waals surface area contributed by atoms with Crippen molar-refractivity contribution in [2.45, 2.75) is 39.5 Å². The van der Waals surface area contributed by atoms with Crippen molar-refractivity contribution in [2.75, 3.05) is 4.90 Å². The van der Waals surface area contributed by atoms with Crippen molar-refractivity contribution in [3.8, 4) is 0 Å². The van der Waals surface area contributed by atoms with E-state index in [0.717, 1.165) is 5.56 Å². The summed E-state index contributed by atoms with van der Waals surface area (Å²) in [4.78, 5) is 40.9. The standard InChI is InChI=1S/C20H23N3O4/c1-12-13(2)23(14(3)24)18-16(9-10-21-19(18)25)17(12)22-20(26)27-11-15-7-5-4-6-8-15/h4-10,12-13,17H,11H2,1-3H3,(H,21,25)(H,22,26)/t12-,13-,17+/m0/s1. The van der Waals surface area contributed by atoms with Gasteiger partial charge in [-0.1, -0.05) is 37.3 Å². The molecule has 7 nitrogen and oxygen atoms in total. The normalized spacial score (nSPS) is 21.3. The summed E-state index contributed by atoms with van der Waals surface area (Å²) >= 11 is 0. The van der Waals surface area contributed by atoms with E-state index >= 15 is 0 Å². The number of aromatic amines is 1. The number of carbonyl (C=O) groups excluding carboxylic acids is 2. The quantitative estimate of drug-likeness (QED) is 0.870. The molecule has 0 radical (unpaired) electrons. The molecule has 0 bridgehead atoms. The highest BCUT2D eigenvalue weighted by Gasteiger charge is 2.40. The first-order valence-electron chi connectivity index (χ1n) is 8.88. The summed E-state index contributed by atoms with van der Waals surface area (Å²) in [5.74, 6) is -0.315. The molecule has 2 heterocycles. The second kappa shape index (κ2) is 7.65. The molecule has 2 amide bonds. The largest absolute Gasteiger partial charge is 0.445 e. The van der Waals surface area contributed by atoms with Crippen LogP contribution in [0.3, 0.4) is 0 Å². The van der Waals surface area contributed by atoms with Crippen LogP contribution in [0, 0.1) is 5.92 Å². The number of carbonyl (C=O) groups is 2. The molecule has 3 atom stereocenters. The van der Waals surface area contributed by atoms with E-state index in [1.54, 1.807) is 6.07 Å². The summed E-state index contributed by atoms with van der Waals surface area (Å²) in [6.45, 7) is 5.39. The van der Waals surface area contributed by atoms with Gasteiger partial charge in [0.15, 0.2) is 0 Å². The summed E-state index contributed by atoms with van der Waals surface area (Å²) in [5.41, 5.74) is 1.42. The maximum Gasteiger partial charge on any atom is 0.407 e. The lowest BCUT2D eigenvalue weighted by Crippen LogP contribution is -2.52. The highest BCUT2D eigenvalue weighted by molar-refractivity contribution is 5.93. The predicted molar refractivity (Wildman–Crippen MR) is 101 cm³/mol. The van der Waals surface area contributed by atoms with E-state index < -0.39 is 12.1 Å². The van der Waals surface area contributed by atoms with Crippen LogP contribution >= 0.6 is 0 Å². The fourth-order valence-corrected chi connectivity index (χ4v) is 3.53. The van der Waals surface area contributed by atoms with Crippen molar-refractivity contribution in [3.63, 3.8) is 0 Å². The Morgan fingerprint density at radius 3 is 2.56 bits per heavy atom. The fourth-order valence-electron chi connectivity index (χ4n) is 3.53. The van der Waals surface area contributed by atoms with Gasteiger partial charge in [0.05, 0.1) is 6.04 Å². The first-order chi connectivity index (χ1) is 12.9. The highest BCUT2D eigenvalue weighted by Crippen LogP contribution is 2.38. The van der Waals surface area contributed by atoms with Crippen LogP contribution < -0.4 is 15.8 Å². The molecule has 7 heteroatoms. The second-order valence-electron chi connectivity index (χ2n) is 6.78. The van der Waals surface area contributed by atoms with Crippen LogP contribution in [0.5, 0.6) is 0 Å². The van der Waals surface area contributed by atoms with Crippen LogP contribution in [0.15, 0.2) is 47.4 Å². The van der Waals surface area contributed by atoms with Crippen LogP contribution in [-0.2, 0) is 16.1 Å². The van der Waals surface area contributed by atoms with E-state index in [2.05, 4.69) is 10.3 Å². The van der Waals surface area contributed by atoms with Gasteiger partial charge in [-0.15, -0.1) is 0 Å². The maximum atomic E-state index is 12.4. The number of anilines is 1. The predicted octanol–water partition coefficient (Wildman–Crippen LogP) is 2.73. The maximum absolute atomic E-state index is 12.4. The first-order valence-corrected chi connectivity index (χ1v) is 8.88. The zero-order chi connectivity index (χ0) is 19.6. The molecule has 0 unspecified atom stereocenters. The molecule has 0 fully saturated rings. The number of alkyl carbamates (subject to hydrolysis) is 1. The smallest absolute Gasteiger partial charge is 0.407 e. The fraction of sp³-hybridized carbons (Fsp3) is 0.350. The molecule has 1 aromatic heterocycles. The lowest BCUT2D eigenvalue weighted by Gasteiger charge is -2.42. The number of pyridine rings is 1. The number of benzene rings is 1. The van der Waals surface area contributed by atoms with Crippen molar-refractivity contribution < 1.29 is 14.3 Å². The van der Waals surface area contributed by atoms with E-state index in [-0.39, 0.29) is 35.7 Å². The number of hydrogen-bond donors (Lipinski definition) is 2. The molecule has 0 spiro atoms. The van der Waals surface area contributed by atoms with Gasteiger partial charge >= 0.3 is 6.09 Å². The molecular weight excluding hydrogens is 346 g/mol. The number of fused-ring (bicyclic) bond motifs is 1. The van der Waals surface area contributed by atoms with Crippen LogP contribution in [0.25, 0.3) is 0 Å². The molecule has 0 saturated heterocycles. The third-order valence-electron chi connectivity index (χ3n) is 5.06. The van der Waals surface area contributed by atoms with Crippen molar-refractivity contribution >= 4 is 17.7 Å². The van der Waals surface area contributed by atoms with E-state index in [1.807, 2.05) is 44.2 Å². The van der Waals surface area contributed by atoms with Crippen molar-refractivity contribution in [3.05, 3.63) is 64.1 Å². The van der Waals surface area contributed by atoms with E-state index in [4.69, 9.17) is 4.74 Å². The Morgan fingerprint density at radius 2 is 1.89 bits per heavy atom. The first kappa shape index (κ1) is 18.7. The summed E-state index contributed by atoms with van der Waals surface area (Å²) in [7, 11) is 0. The van der Waals surface area contributed by atoms with Crippen molar-refractivity contribution in [1.29, 1.82) is 0 Å². The summed E-state index contributed by atoms with van der Waals surface area (Å²) in [6, 6.07) is 10.4. The molecule has 3 rings (SSSR count). The Kier molecular flexibility index (Phi) is 5.30. The molecule has 0 aliphatic carbocycles. The van der Waals surface area contributed by atoms with Gasteiger partial charge in [0.2, 0.25) is 5.91 Å². The Labute approximate surface area is 157 Å². The second-order valence-corrected chi connectivity index (χ2v) is 6.78. The number of nitrogens with one attached hydrogen (secondary N) is 2. The zero-order valence-corrected chi connectivity index (χ0v) is 15.6. The van der Waals surface area contributed by atoms with E-state index in [1.165, 1.54) is 18.0 Å². The van der Waals surface area contributed by atoms with Gasteiger partial charge < -0.3 is 19.9 Å². The highest BCUT2D eigenvalue weighted by atomic mass is 16.5. The van der Waals surface area contributed by atoms with E-state index in [9.17, 15) is 14.4 Å². The number of nitrogens with zero attached hydrogens (tertiary/aromatic N) is 1. The number of hydrogen-bond acceptors (Lipinski definition) is 4. The third kappa shape index (κ3) is 3.72. The van der Waals surface area contributed by atoms with Crippen LogP contribution in [0.2, 0.25) is 0 Å². The Morgan fingerprint density at radius 1 is 1.19 bits per heavy atom. The molecular formula is C20H23N3O4. The van der Waals surface area contributed by atoms with Gasteiger partial charge in [-0.25, -0.2) is 4.79 Å². The molecule has 27 heavy (non-hydrogen) atoms. The Hall–Kier alpha value is -3.09. The average Bonchev–Trinajstić information content (AvgIpc) is 2.65. The zero-order valence-electron chi connectivity index (χ0n) is 15.6. The van der Waals surface area contributed by atoms with Crippen LogP contribution in [0.1, 0.15) is 37.9 Å². The molecule has 1 aliphatic rings. The summed E-state index contributed by atoms with van der Waals surface area (Å²) in [6.07, 6.45) is 0.956. The minimum absolute atomic E-state index is 0.104. The van der Waals surface area contributed by atoms with Gasteiger partial charge in [-0.2, -0.15) is 0 Å². The third-order valence-corrected chi connectivity index (χ3v) is 5.06. The SMILES string of the molecule is CC(=O)N1c2c(cc[nH]c2=O)[C@H](NC(=O)OCc2ccccc2)[C@@H](C)[C@@H]1C. The lowest BCUT2D eigenvalue weighted by molar-refractivity contribution is -0.117.